The third kappa shape index (κ3) is 61.6. The van der Waals surface area contributed by atoms with E-state index >= 15 is 0 Å². The molecule has 0 bridgehead atoms. The fraction of sp³-hybridized carbons (Fsp3) is 0.783. The minimum Gasteiger partial charge on any atom is -0.462 e. The van der Waals surface area contributed by atoms with E-state index in [4.69, 9.17) is 14.2 Å². The van der Waals surface area contributed by atoms with Gasteiger partial charge in [0.25, 0.3) is 0 Å². The monoisotopic (exact) mass is 1050 g/mol. The maximum Gasteiger partial charge on any atom is 0.306 e. The van der Waals surface area contributed by atoms with Crippen molar-refractivity contribution >= 4 is 17.9 Å². The topological polar surface area (TPSA) is 78.9 Å². The summed E-state index contributed by atoms with van der Waals surface area (Å²) in [6.45, 7) is 6.51. The Morgan fingerprint density at radius 3 is 0.840 bits per heavy atom. The fourth-order valence-corrected chi connectivity index (χ4v) is 9.31. The molecule has 6 nitrogen and oxygen atoms in total. The Morgan fingerprint density at radius 2 is 0.520 bits per heavy atom. The standard InChI is InChI=1S/C69H122O6/c1-4-7-10-13-16-19-22-25-27-28-29-30-31-32-33-34-35-36-37-38-39-40-42-44-47-50-53-56-59-62-68(71)74-65-66(64-73-67(70)61-58-55-52-49-46-43-24-21-18-15-12-9-6-3)75-69(72)63-60-57-54-51-48-45-41-26-23-20-17-14-11-8-5-2/h8,11,17,20-22,24-26,28-29,41,66H,4-7,9-10,12-16,18-19,23,27,30-40,42-65H2,1-3H3/b11-8-,20-17-,24-21-,25-22-,29-28-,41-26-. The fourth-order valence-electron chi connectivity index (χ4n) is 9.31. The van der Waals surface area contributed by atoms with Crippen LogP contribution >= 0.6 is 0 Å². The van der Waals surface area contributed by atoms with Gasteiger partial charge in [-0.2, -0.15) is 0 Å². The number of esters is 3. The molecule has 75 heavy (non-hydrogen) atoms. The van der Waals surface area contributed by atoms with Gasteiger partial charge in [-0.1, -0.05) is 273 Å². The number of carbonyl (C=O) groups is 3. The van der Waals surface area contributed by atoms with Crippen molar-refractivity contribution < 1.29 is 28.6 Å². The highest BCUT2D eigenvalue weighted by Gasteiger charge is 2.19. The van der Waals surface area contributed by atoms with Crippen LogP contribution < -0.4 is 0 Å². The first-order valence-corrected chi connectivity index (χ1v) is 32.4. The van der Waals surface area contributed by atoms with Gasteiger partial charge in [-0.25, -0.2) is 0 Å². The summed E-state index contributed by atoms with van der Waals surface area (Å²) in [6.07, 6.45) is 82.1. The summed E-state index contributed by atoms with van der Waals surface area (Å²) >= 11 is 0. The van der Waals surface area contributed by atoms with E-state index in [2.05, 4.69) is 93.7 Å². The largest absolute Gasteiger partial charge is 0.462 e. The lowest BCUT2D eigenvalue weighted by molar-refractivity contribution is -0.167. The number of hydrogen-bond donors (Lipinski definition) is 0. The van der Waals surface area contributed by atoms with Crippen LogP contribution in [0.3, 0.4) is 0 Å². The van der Waals surface area contributed by atoms with Crippen LogP contribution in [-0.4, -0.2) is 37.2 Å². The van der Waals surface area contributed by atoms with E-state index in [0.717, 1.165) is 109 Å². The molecule has 0 aliphatic heterocycles. The summed E-state index contributed by atoms with van der Waals surface area (Å²) in [5.41, 5.74) is 0. The summed E-state index contributed by atoms with van der Waals surface area (Å²) in [5, 5.41) is 0. The van der Waals surface area contributed by atoms with E-state index in [-0.39, 0.29) is 31.1 Å². The molecule has 0 aliphatic rings. The molecule has 0 aliphatic carbocycles. The summed E-state index contributed by atoms with van der Waals surface area (Å²) in [5.74, 6) is -0.896. The molecule has 1 unspecified atom stereocenters. The van der Waals surface area contributed by atoms with E-state index < -0.39 is 6.10 Å². The Kier molecular flexibility index (Phi) is 60.7. The average Bonchev–Trinajstić information content (AvgIpc) is 3.41. The van der Waals surface area contributed by atoms with Gasteiger partial charge in [0, 0.05) is 19.3 Å². The highest BCUT2D eigenvalue weighted by Crippen LogP contribution is 2.17. The van der Waals surface area contributed by atoms with Gasteiger partial charge in [0.2, 0.25) is 0 Å². The molecular weight excluding hydrogens is 925 g/mol. The lowest BCUT2D eigenvalue weighted by Gasteiger charge is -2.18. The number of carbonyl (C=O) groups excluding carboxylic acids is 3. The smallest absolute Gasteiger partial charge is 0.306 e. The predicted octanol–water partition coefficient (Wildman–Crippen LogP) is 22.1. The Labute approximate surface area is 465 Å². The number of ether oxygens (including phenoxy) is 3. The van der Waals surface area contributed by atoms with Crippen molar-refractivity contribution in [3.63, 3.8) is 0 Å². The molecule has 0 saturated heterocycles. The van der Waals surface area contributed by atoms with E-state index in [1.54, 1.807) is 0 Å². The first kappa shape index (κ1) is 71.8. The summed E-state index contributed by atoms with van der Waals surface area (Å²) in [6, 6.07) is 0. The van der Waals surface area contributed by atoms with Gasteiger partial charge in [-0.05, 0) is 109 Å². The van der Waals surface area contributed by atoms with Crippen molar-refractivity contribution in [1.82, 2.24) is 0 Å². The van der Waals surface area contributed by atoms with Gasteiger partial charge in [-0.15, -0.1) is 0 Å². The number of rotatable bonds is 59. The van der Waals surface area contributed by atoms with Crippen molar-refractivity contribution in [2.45, 2.75) is 335 Å². The zero-order valence-corrected chi connectivity index (χ0v) is 49.8. The SMILES string of the molecule is CC/C=C\C/C=C\C/C=C\CCCCCCCC(=O)OC(COC(=O)CCCCCCC/C=C\CCCCCC)COC(=O)CCCCCCCCCCCCCCCCCCC/C=C\C/C=C\CCCCCCC. The minimum absolute atomic E-state index is 0.0828. The maximum atomic E-state index is 12.9. The Bertz CT molecular complexity index is 1390. The number of unbranched alkanes of at least 4 members (excludes halogenated alkanes) is 36. The van der Waals surface area contributed by atoms with E-state index in [9.17, 15) is 14.4 Å². The zero-order valence-electron chi connectivity index (χ0n) is 49.8. The average molecular weight is 1050 g/mol. The highest BCUT2D eigenvalue weighted by atomic mass is 16.6. The van der Waals surface area contributed by atoms with Gasteiger partial charge < -0.3 is 14.2 Å². The molecule has 6 heteroatoms. The van der Waals surface area contributed by atoms with Gasteiger partial charge in [0.1, 0.15) is 13.2 Å². The molecule has 0 radical (unpaired) electrons. The molecular formula is C69H122O6. The molecule has 0 N–H and O–H groups in total. The zero-order chi connectivity index (χ0) is 54.3. The predicted molar refractivity (Wildman–Crippen MR) is 325 cm³/mol. The second kappa shape index (κ2) is 63.4. The Morgan fingerprint density at radius 1 is 0.280 bits per heavy atom. The van der Waals surface area contributed by atoms with Crippen LogP contribution in [-0.2, 0) is 28.6 Å². The third-order valence-corrected chi connectivity index (χ3v) is 14.2. The van der Waals surface area contributed by atoms with Crippen LogP contribution in [0.15, 0.2) is 72.9 Å². The molecule has 0 fully saturated rings. The van der Waals surface area contributed by atoms with Gasteiger partial charge in [-0.3, -0.25) is 14.4 Å². The van der Waals surface area contributed by atoms with Crippen LogP contribution in [0.25, 0.3) is 0 Å². The summed E-state index contributed by atoms with van der Waals surface area (Å²) < 4.78 is 16.9. The van der Waals surface area contributed by atoms with E-state index in [0.29, 0.717) is 19.3 Å². The summed E-state index contributed by atoms with van der Waals surface area (Å²) in [4.78, 5) is 38.2. The maximum absolute atomic E-state index is 12.9. The van der Waals surface area contributed by atoms with Crippen LogP contribution in [0.4, 0.5) is 0 Å². The molecule has 434 valence electrons. The third-order valence-electron chi connectivity index (χ3n) is 14.2. The second-order valence-electron chi connectivity index (χ2n) is 21.6. The van der Waals surface area contributed by atoms with Gasteiger partial charge >= 0.3 is 17.9 Å². The number of hydrogen-bond acceptors (Lipinski definition) is 6. The second-order valence-corrected chi connectivity index (χ2v) is 21.6. The van der Waals surface area contributed by atoms with Crippen molar-refractivity contribution in [2.24, 2.45) is 0 Å². The molecule has 0 aromatic rings. The molecule has 0 saturated carbocycles. The molecule has 0 spiro atoms. The quantitative estimate of drug-likeness (QED) is 0.0261. The minimum atomic E-state index is -0.787. The first-order valence-electron chi connectivity index (χ1n) is 32.4. The number of allylic oxidation sites excluding steroid dienone is 12. The summed E-state index contributed by atoms with van der Waals surface area (Å²) in [7, 11) is 0. The molecule has 0 amide bonds. The van der Waals surface area contributed by atoms with Gasteiger partial charge in [0.05, 0.1) is 0 Å². The molecule has 0 rings (SSSR count). The first-order chi connectivity index (χ1) is 37.0. The van der Waals surface area contributed by atoms with Gasteiger partial charge in [0.15, 0.2) is 6.10 Å². The van der Waals surface area contributed by atoms with E-state index in [1.165, 1.54) is 180 Å². The van der Waals surface area contributed by atoms with Crippen LogP contribution in [0.2, 0.25) is 0 Å². The highest BCUT2D eigenvalue weighted by molar-refractivity contribution is 5.71. The van der Waals surface area contributed by atoms with Crippen LogP contribution in [0, 0.1) is 0 Å². The molecule has 0 aromatic heterocycles. The van der Waals surface area contributed by atoms with Crippen molar-refractivity contribution in [3.05, 3.63) is 72.9 Å². The Hall–Kier alpha value is -3.15. The van der Waals surface area contributed by atoms with E-state index in [1.807, 2.05) is 0 Å². The Balaban J connectivity index is 4.20. The normalized spacial score (nSPS) is 12.5. The van der Waals surface area contributed by atoms with Crippen molar-refractivity contribution in [3.8, 4) is 0 Å². The van der Waals surface area contributed by atoms with Crippen LogP contribution in [0.1, 0.15) is 329 Å². The van der Waals surface area contributed by atoms with Crippen LogP contribution in [0.5, 0.6) is 0 Å². The lowest BCUT2D eigenvalue weighted by Crippen LogP contribution is -2.30. The molecule has 0 heterocycles. The molecule has 0 aromatic carbocycles. The lowest BCUT2D eigenvalue weighted by atomic mass is 10.0. The molecule has 1 atom stereocenters. The van der Waals surface area contributed by atoms with Crippen molar-refractivity contribution in [2.75, 3.05) is 13.2 Å². The van der Waals surface area contributed by atoms with Crippen molar-refractivity contribution in [1.29, 1.82) is 0 Å².